The fourth-order valence-corrected chi connectivity index (χ4v) is 2.36. The Morgan fingerprint density at radius 2 is 1.63 bits per heavy atom. The SMILES string of the molecule is CCCN(C(C)C)C(CN)c1ccc(C(F)F)cc1. The maximum atomic E-state index is 12.6. The van der Waals surface area contributed by atoms with Crippen LogP contribution in [-0.4, -0.2) is 24.0 Å². The lowest BCUT2D eigenvalue weighted by molar-refractivity contribution is 0.150. The second-order valence-corrected chi connectivity index (χ2v) is 5.05. The van der Waals surface area contributed by atoms with Crippen molar-refractivity contribution < 1.29 is 8.78 Å². The maximum Gasteiger partial charge on any atom is 0.263 e. The van der Waals surface area contributed by atoms with Crippen molar-refractivity contribution in [2.75, 3.05) is 13.1 Å². The van der Waals surface area contributed by atoms with Gasteiger partial charge in [0, 0.05) is 24.2 Å². The van der Waals surface area contributed by atoms with Crippen LogP contribution in [0, 0.1) is 0 Å². The first-order valence-electron chi connectivity index (χ1n) is 6.85. The van der Waals surface area contributed by atoms with Gasteiger partial charge in [-0.2, -0.15) is 0 Å². The van der Waals surface area contributed by atoms with Crippen LogP contribution in [0.15, 0.2) is 24.3 Å². The molecule has 19 heavy (non-hydrogen) atoms. The fraction of sp³-hybridized carbons (Fsp3) is 0.600. The molecule has 0 saturated carbocycles. The molecule has 1 aromatic rings. The molecule has 108 valence electrons. The van der Waals surface area contributed by atoms with E-state index >= 15 is 0 Å². The van der Waals surface area contributed by atoms with Crippen LogP contribution < -0.4 is 5.73 Å². The van der Waals surface area contributed by atoms with Crippen molar-refractivity contribution in [3.8, 4) is 0 Å². The molecule has 1 unspecified atom stereocenters. The van der Waals surface area contributed by atoms with Crippen LogP contribution >= 0.6 is 0 Å². The van der Waals surface area contributed by atoms with Gasteiger partial charge >= 0.3 is 0 Å². The van der Waals surface area contributed by atoms with Crippen molar-refractivity contribution in [3.63, 3.8) is 0 Å². The standard InChI is InChI=1S/C15H24F2N2/c1-4-9-19(11(2)3)14(10-18)12-5-7-13(8-6-12)15(16)17/h5-8,11,14-15H,4,9-10,18H2,1-3H3. The van der Waals surface area contributed by atoms with Gasteiger partial charge in [-0.15, -0.1) is 0 Å². The molecule has 2 nitrogen and oxygen atoms in total. The summed E-state index contributed by atoms with van der Waals surface area (Å²) in [7, 11) is 0. The predicted molar refractivity (Wildman–Crippen MR) is 75.3 cm³/mol. The molecule has 0 aliphatic carbocycles. The molecular weight excluding hydrogens is 246 g/mol. The summed E-state index contributed by atoms with van der Waals surface area (Å²) >= 11 is 0. The van der Waals surface area contributed by atoms with Crippen LogP contribution in [0.5, 0.6) is 0 Å². The summed E-state index contributed by atoms with van der Waals surface area (Å²) in [6.45, 7) is 7.84. The van der Waals surface area contributed by atoms with Gasteiger partial charge in [0.05, 0.1) is 0 Å². The van der Waals surface area contributed by atoms with Crippen LogP contribution in [0.25, 0.3) is 0 Å². The summed E-state index contributed by atoms with van der Waals surface area (Å²) in [5, 5.41) is 0. The Morgan fingerprint density at radius 3 is 2.00 bits per heavy atom. The van der Waals surface area contributed by atoms with E-state index in [1.807, 2.05) is 0 Å². The van der Waals surface area contributed by atoms with Gasteiger partial charge in [0.15, 0.2) is 0 Å². The van der Waals surface area contributed by atoms with E-state index in [9.17, 15) is 8.78 Å². The van der Waals surface area contributed by atoms with Gasteiger partial charge in [-0.25, -0.2) is 8.78 Å². The van der Waals surface area contributed by atoms with E-state index in [1.54, 1.807) is 12.1 Å². The van der Waals surface area contributed by atoms with Crippen LogP contribution in [0.2, 0.25) is 0 Å². The normalized spacial score (nSPS) is 13.5. The summed E-state index contributed by atoms with van der Waals surface area (Å²) < 4.78 is 25.1. The zero-order valence-corrected chi connectivity index (χ0v) is 11.9. The van der Waals surface area contributed by atoms with Crippen LogP contribution in [0.4, 0.5) is 8.78 Å². The number of nitrogens with zero attached hydrogens (tertiary/aromatic N) is 1. The Labute approximate surface area is 114 Å². The van der Waals surface area contributed by atoms with Crippen molar-refractivity contribution in [3.05, 3.63) is 35.4 Å². The quantitative estimate of drug-likeness (QED) is 0.817. The molecule has 0 fully saturated rings. The van der Waals surface area contributed by atoms with Crippen molar-refractivity contribution >= 4 is 0 Å². The Balaban J connectivity index is 2.94. The van der Waals surface area contributed by atoms with Gasteiger partial charge in [0.2, 0.25) is 0 Å². The monoisotopic (exact) mass is 270 g/mol. The molecule has 0 bridgehead atoms. The molecule has 0 aliphatic heterocycles. The van der Waals surface area contributed by atoms with Crippen LogP contribution in [0.1, 0.15) is 50.8 Å². The lowest BCUT2D eigenvalue weighted by Gasteiger charge is -2.34. The average molecular weight is 270 g/mol. The van der Waals surface area contributed by atoms with Crippen molar-refractivity contribution in [1.29, 1.82) is 0 Å². The molecule has 1 atom stereocenters. The van der Waals surface area contributed by atoms with E-state index in [0.29, 0.717) is 12.6 Å². The summed E-state index contributed by atoms with van der Waals surface area (Å²) in [6, 6.07) is 6.99. The number of nitrogens with two attached hydrogens (primary N) is 1. The van der Waals surface area contributed by atoms with E-state index in [2.05, 4.69) is 25.7 Å². The van der Waals surface area contributed by atoms with Crippen LogP contribution in [0.3, 0.4) is 0 Å². The summed E-state index contributed by atoms with van der Waals surface area (Å²) in [5.74, 6) is 0. The minimum atomic E-state index is -2.41. The highest BCUT2D eigenvalue weighted by Gasteiger charge is 2.21. The molecule has 0 aromatic heterocycles. The van der Waals surface area contributed by atoms with Gasteiger partial charge in [-0.3, -0.25) is 4.90 Å². The number of alkyl halides is 2. The highest BCUT2D eigenvalue weighted by molar-refractivity contribution is 5.26. The third kappa shape index (κ3) is 4.25. The molecule has 0 radical (unpaired) electrons. The first-order chi connectivity index (χ1) is 9.01. The van der Waals surface area contributed by atoms with Gasteiger partial charge in [0.25, 0.3) is 6.43 Å². The molecular formula is C15H24F2N2. The Bertz CT molecular complexity index is 363. The molecule has 1 rings (SSSR count). The largest absolute Gasteiger partial charge is 0.329 e. The Kier molecular flexibility index (Phi) is 6.38. The Hall–Kier alpha value is -1.00. The van der Waals surface area contributed by atoms with Gasteiger partial charge in [-0.1, -0.05) is 31.2 Å². The van der Waals surface area contributed by atoms with Gasteiger partial charge < -0.3 is 5.73 Å². The molecule has 0 amide bonds. The molecule has 1 aromatic carbocycles. The highest BCUT2D eigenvalue weighted by Crippen LogP contribution is 2.25. The fourth-order valence-electron chi connectivity index (χ4n) is 2.36. The molecule has 0 saturated heterocycles. The van der Waals surface area contributed by atoms with E-state index in [-0.39, 0.29) is 11.6 Å². The lowest BCUT2D eigenvalue weighted by Crippen LogP contribution is -2.39. The second kappa shape index (κ2) is 7.56. The number of hydrogen-bond acceptors (Lipinski definition) is 2. The van der Waals surface area contributed by atoms with E-state index in [0.717, 1.165) is 18.5 Å². The first-order valence-corrected chi connectivity index (χ1v) is 6.85. The molecule has 0 aliphatic rings. The highest BCUT2D eigenvalue weighted by atomic mass is 19.3. The maximum absolute atomic E-state index is 12.6. The number of hydrogen-bond donors (Lipinski definition) is 1. The predicted octanol–water partition coefficient (Wildman–Crippen LogP) is 3.74. The lowest BCUT2D eigenvalue weighted by atomic mass is 10.0. The minimum absolute atomic E-state index is 0.0612. The third-order valence-electron chi connectivity index (χ3n) is 3.34. The van der Waals surface area contributed by atoms with Gasteiger partial charge in [-0.05, 0) is 32.4 Å². The minimum Gasteiger partial charge on any atom is -0.329 e. The topological polar surface area (TPSA) is 29.3 Å². The molecule has 0 heterocycles. The van der Waals surface area contributed by atoms with Crippen LogP contribution in [-0.2, 0) is 0 Å². The Morgan fingerprint density at radius 1 is 1.11 bits per heavy atom. The smallest absolute Gasteiger partial charge is 0.263 e. The molecule has 4 heteroatoms. The second-order valence-electron chi connectivity index (χ2n) is 5.05. The van der Waals surface area contributed by atoms with Crippen molar-refractivity contribution in [2.45, 2.75) is 45.7 Å². The molecule has 2 N–H and O–H groups in total. The number of rotatable bonds is 7. The zero-order valence-electron chi connectivity index (χ0n) is 11.9. The van der Waals surface area contributed by atoms with E-state index < -0.39 is 6.43 Å². The van der Waals surface area contributed by atoms with E-state index in [1.165, 1.54) is 12.1 Å². The van der Waals surface area contributed by atoms with Crippen molar-refractivity contribution in [1.82, 2.24) is 4.90 Å². The first kappa shape index (κ1) is 16.1. The van der Waals surface area contributed by atoms with E-state index in [4.69, 9.17) is 5.73 Å². The number of halogens is 2. The third-order valence-corrected chi connectivity index (χ3v) is 3.34. The average Bonchev–Trinajstić information content (AvgIpc) is 2.39. The number of benzene rings is 1. The summed E-state index contributed by atoms with van der Waals surface area (Å²) in [6.07, 6.45) is -1.37. The molecule has 0 spiro atoms. The summed E-state index contributed by atoms with van der Waals surface area (Å²) in [4.78, 5) is 2.32. The van der Waals surface area contributed by atoms with Crippen molar-refractivity contribution in [2.24, 2.45) is 5.73 Å². The zero-order chi connectivity index (χ0) is 14.4. The van der Waals surface area contributed by atoms with Gasteiger partial charge in [0.1, 0.15) is 0 Å². The summed E-state index contributed by atoms with van der Waals surface area (Å²) in [5.41, 5.74) is 6.95.